The molecule has 0 aromatic heterocycles. The fourth-order valence-corrected chi connectivity index (χ4v) is 0. The van der Waals surface area contributed by atoms with Gasteiger partial charge in [0.2, 0.25) is 0 Å². The van der Waals surface area contributed by atoms with Gasteiger partial charge in [-0.25, -0.2) is 0 Å². The molecule has 0 aromatic carbocycles. The van der Waals surface area contributed by atoms with Gasteiger partial charge in [-0.05, 0) is 6.16 Å². The van der Waals surface area contributed by atoms with E-state index in [0.29, 0.717) is 0 Å². The van der Waals surface area contributed by atoms with Gasteiger partial charge in [0.25, 0.3) is 0 Å². The van der Waals surface area contributed by atoms with E-state index in [2.05, 4.69) is 0 Å². The molecule has 0 unspecified atom stereocenters. The van der Waals surface area contributed by atoms with Crippen molar-refractivity contribution < 1.29 is 36.7 Å². The molecule has 0 bridgehead atoms. The van der Waals surface area contributed by atoms with Crippen molar-refractivity contribution in [2.24, 2.45) is 0 Å². The maximum Gasteiger partial charge on any atom is 2.00 e. The molecule has 0 saturated heterocycles. The van der Waals surface area contributed by atoms with Crippen LogP contribution < -0.4 is 16.4 Å². The van der Waals surface area contributed by atoms with Crippen LogP contribution in [0.3, 0.4) is 0 Å². The van der Waals surface area contributed by atoms with E-state index in [1.54, 1.807) is 0 Å². The molecule has 0 spiro atoms. The van der Waals surface area contributed by atoms with E-state index in [1.165, 1.54) is 0 Å². The molecule has 0 aliphatic carbocycles. The SMILES string of the molecule is O=C([O-])[O-].[NH4+].[Ti+2]. The van der Waals surface area contributed by atoms with Crippen LogP contribution in [0.15, 0.2) is 0 Å². The molecule has 0 aromatic rings. The van der Waals surface area contributed by atoms with Gasteiger partial charge in [0, 0.05) is 0 Å². The molecule has 34 valence electrons. The van der Waals surface area contributed by atoms with Crippen molar-refractivity contribution in [3.8, 4) is 0 Å². The fraction of sp³-hybridized carbons (Fsp3) is 0. The standard InChI is InChI=1S/CH2O3.H3N.Ti/c2-1(3)4;;/h(H2,2,3,4);1H3;/q;;+2/p-1. The van der Waals surface area contributed by atoms with Crippen LogP contribution in [0.25, 0.3) is 0 Å². The minimum absolute atomic E-state index is 0. The Morgan fingerprint density at radius 3 is 1.33 bits per heavy atom. The third kappa shape index (κ3) is 11000. The molecule has 5 heteroatoms. The van der Waals surface area contributed by atoms with Crippen molar-refractivity contribution in [1.82, 2.24) is 6.15 Å². The Labute approximate surface area is 49.6 Å². The molecular weight excluding hydrogens is 122 g/mol. The van der Waals surface area contributed by atoms with Gasteiger partial charge in [-0.1, -0.05) is 0 Å². The molecule has 0 rings (SSSR count). The van der Waals surface area contributed by atoms with Crippen LogP contribution in [0.4, 0.5) is 4.79 Å². The Balaban J connectivity index is -0.0000000450. The first kappa shape index (κ1) is 16.8. The monoisotopic (exact) mass is 126 g/mol. The normalized spacial score (nSPS) is 4.00. The third-order valence-electron chi connectivity index (χ3n) is 0. The number of hydrogen-bond acceptors (Lipinski definition) is 3. The van der Waals surface area contributed by atoms with Crippen LogP contribution in [0.5, 0.6) is 0 Å². The number of hydrogen-bond donors (Lipinski definition) is 1. The summed E-state index contributed by atoms with van der Waals surface area (Å²) < 4.78 is 0. The second kappa shape index (κ2) is 8.87. The van der Waals surface area contributed by atoms with Crippen molar-refractivity contribution >= 4 is 6.16 Å². The molecule has 0 fully saturated rings. The Morgan fingerprint density at radius 1 is 1.33 bits per heavy atom. The summed E-state index contributed by atoms with van der Waals surface area (Å²) in [5.41, 5.74) is 0. The summed E-state index contributed by atoms with van der Waals surface area (Å²) in [6.07, 6.45) is -2.33. The third-order valence-corrected chi connectivity index (χ3v) is 0. The molecule has 4 N–H and O–H groups in total. The van der Waals surface area contributed by atoms with Crippen LogP contribution >= 0.6 is 0 Å². The number of rotatable bonds is 0. The van der Waals surface area contributed by atoms with E-state index in [1.807, 2.05) is 0 Å². The second-order valence-corrected chi connectivity index (χ2v) is 0.250. The Kier molecular flexibility index (Phi) is 24.8. The van der Waals surface area contributed by atoms with E-state index in [4.69, 9.17) is 15.0 Å². The van der Waals surface area contributed by atoms with E-state index in [0.717, 1.165) is 0 Å². The zero-order valence-corrected chi connectivity index (χ0v) is 4.79. The largest absolute Gasteiger partial charge is 2.00 e. The Hall–Kier alpha value is -0.0557. The quantitative estimate of drug-likeness (QED) is 0.377. The van der Waals surface area contributed by atoms with Crippen LogP contribution in [0.1, 0.15) is 0 Å². The first-order valence-corrected chi connectivity index (χ1v) is 0.612. The van der Waals surface area contributed by atoms with Gasteiger partial charge in [-0.15, -0.1) is 0 Å². The van der Waals surface area contributed by atoms with E-state index in [-0.39, 0.29) is 27.9 Å². The van der Waals surface area contributed by atoms with Crippen molar-refractivity contribution in [2.75, 3.05) is 0 Å². The first-order valence-electron chi connectivity index (χ1n) is 0.612. The molecule has 6 heavy (non-hydrogen) atoms. The Morgan fingerprint density at radius 2 is 1.33 bits per heavy atom. The number of quaternary nitrogens is 1. The van der Waals surface area contributed by atoms with Gasteiger partial charge in [-0.2, -0.15) is 0 Å². The summed E-state index contributed by atoms with van der Waals surface area (Å²) in [4.78, 5) is 8.33. The average molecular weight is 126 g/mol. The summed E-state index contributed by atoms with van der Waals surface area (Å²) in [6, 6.07) is 0. The van der Waals surface area contributed by atoms with Gasteiger partial charge in [0.15, 0.2) is 0 Å². The predicted molar refractivity (Wildman–Crippen MR) is 11.4 cm³/mol. The van der Waals surface area contributed by atoms with Gasteiger partial charge in [0.1, 0.15) is 0 Å². The predicted octanol–water partition coefficient (Wildman–Crippen LogP) is -2.07. The fourth-order valence-electron chi connectivity index (χ4n) is 0. The van der Waals surface area contributed by atoms with Crippen LogP contribution in [-0.2, 0) is 21.7 Å². The summed E-state index contributed by atoms with van der Waals surface area (Å²) in [5, 5.41) is 16.7. The molecule has 0 aliphatic rings. The molecular formula is CH4NO3Ti+. The Bertz CT molecular complexity index is 33.8. The molecule has 0 atom stereocenters. The first-order chi connectivity index (χ1) is 1.73. The van der Waals surface area contributed by atoms with E-state index >= 15 is 0 Å². The molecule has 0 radical (unpaired) electrons. The van der Waals surface area contributed by atoms with E-state index in [9.17, 15) is 0 Å². The number of carboxylic acid groups (broad SMARTS) is 2. The molecule has 0 aliphatic heterocycles. The molecule has 4 nitrogen and oxygen atoms in total. The maximum absolute atomic E-state index is 8.33. The zero-order chi connectivity index (χ0) is 3.58. The van der Waals surface area contributed by atoms with Crippen LogP contribution in [0.2, 0.25) is 0 Å². The van der Waals surface area contributed by atoms with Crippen LogP contribution in [0, 0.1) is 0 Å². The van der Waals surface area contributed by atoms with Gasteiger partial charge < -0.3 is 21.2 Å². The average Bonchev–Trinajstić information content (AvgIpc) is 0.811. The minimum Gasteiger partial charge on any atom is -0.652 e. The topological polar surface area (TPSA) is 99.7 Å². The minimum atomic E-state index is -2.33. The van der Waals surface area contributed by atoms with Crippen molar-refractivity contribution in [3.63, 3.8) is 0 Å². The van der Waals surface area contributed by atoms with Gasteiger partial charge >= 0.3 is 21.7 Å². The van der Waals surface area contributed by atoms with Crippen molar-refractivity contribution in [2.45, 2.75) is 0 Å². The summed E-state index contributed by atoms with van der Waals surface area (Å²) in [6.45, 7) is 0. The molecule has 0 heterocycles. The summed E-state index contributed by atoms with van der Waals surface area (Å²) in [5.74, 6) is 0. The van der Waals surface area contributed by atoms with Gasteiger partial charge in [-0.3, -0.25) is 0 Å². The number of carbonyl (C=O) groups excluding carboxylic acids is 1. The van der Waals surface area contributed by atoms with Crippen molar-refractivity contribution in [1.29, 1.82) is 0 Å². The maximum atomic E-state index is 8.33. The summed E-state index contributed by atoms with van der Waals surface area (Å²) >= 11 is 0. The molecule has 0 saturated carbocycles. The van der Waals surface area contributed by atoms with Crippen LogP contribution in [-0.4, -0.2) is 6.16 Å². The second-order valence-electron chi connectivity index (χ2n) is 0.250. The smallest absolute Gasteiger partial charge is 0.652 e. The zero-order valence-electron chi connectivity index (χ0n) is 3.22. The van der Waals surface area contributed by atoms with Crippen molar-refractivity contribution in [3.05, 3.63) is 0 Å². The summed E-state index contributed by atoms with van der Waals surface area (Å²) in [7, 11) is 0. The molecule has 0 amide bonds. The van der Waals surface area contributed by atoms with E-state index < -0.39 is 6.16 Å². The van der Waals surface area contributed by atoms with Gasteiger partial charge in [0.05, 0.1) is 0 Å². The number of carbonyl (C=O) groups is 1.